The summed E-state index contributed by atoms with van der Waals surface area (Å²) in [5, 5.41) is 3.13. The summed E-state index contributed by atoms with van der Waals surface area (Å²) in [5.41, 5.74) is 3.35. The molecule has 0 aliphatic carbocycles. The number of carbonyl (C=O) groups excluding carboxylic acids is 1. The van der Waals surface area contributed by atoms with Gasteiger partial charge >= 0.3 is 0 Å². The summed E-state index contributed by atoms with van der Waals surface area (Å²) in [4.78, 5) is 15.3. The number of hydrogen-bond acceptors (Lipinski definition) is 2. The van der Waals surface area contributed by atoms with Crippen molar-refractivity contribution in [3.8, 4) is 0 Å². The molecule has 124 valence electrons. The maximum Gasteiger partial charge on any atom is 0.242 e. The van der Waals surface area contributed by atoms with E-state index in [-0.39, 0.29) is 17.9 Å². The first-order valence-corrected chi connectivity index (χ1v) is 9.42. The number of halogens is 1. The summed E-state index contributed by atoms with van der Waals surface area (Å²) in [6, 6.07) is 16.5. The number of piperidine rings is 1. The van der Waals surface area contributed by atoms with Crippen LogP contribution < -0.4 is 5.32 Å². The van der Waals surface area contributed by atoms with Crippen LogP contribution in [0.15, 0.2) is 53.0 Å². The molecule has 1 fully saturated rings. The molecule has 1 saturated heterocycles. The number of carbonyl (C=O) groups is 1. The van der Waals surface area contributed by atoms with E-state index in [4.69, 9.17) is 0 Å². The zero-order chi connectivity index (χ0) is 16.5. The number of nitrogens with zero attached hydrogens (tertiary/aromatic N) is 1. The summed E-state index contributed by atoms with van der Waals surface area (Å²) >= 11 is 3.60. The molecule has 1 amide bonds. The van der Waals surface area contributed by atoms with Gasteiger partial charge < -0.3 is 5.32 Å². The molecule has 3 nitrogen and oxygen atoms in total. The molecule has 0 bridgehead atoms. The second-order valence-corrected chi connectivity index (χ2v) is 7.57. The normalized spacial score (nSPS) is 24.3. The number of nitrogens with one attached hydrogen (secondary N) is 1. The lowest BCUT2D eigenvalue weighted by Gasteiger charge is -2.41. The molecule has 4 heteroatoms. The molecular formula is C20H21BrN2O. The molecule has 2 aromatic carbocycles. The first-order valence-electron chi connectivity index (χ1n) is 8.63. The molecule has 4 rings (SSSR count). The Kier molecular flexibility index (Phi) is 4.42. The molecule has 24 heavy (non-hydrogen) atoms. The molecule has 0 radical (unpaired) electrons. The first-order chi connectivity index (χ1) is 11.7. The molecular weight excluding hydrogens is 364 g/mol. The van der Waals surface area contributed by atoms with Crippen LogP contribution in [-0.2, 0) is 4.79 Å². The molecule has 0 unspecified atom stereocenters. The Morgan fingerprint density at radius 1 is 1.00 bits per heavy atom. The summed E-state index contributed by atoms with van der Waals surface area (Å²) in [7, 11) is 0. The second kappa shape index (κ2) is 6.69. The maximum atomic E-state index is 13.0. The lowest BCUT2D eigenvalue weighted by molar-refractivity contribution is -0.122. The van der Waals surface area contributed by atoms with Gasteiger partial charge in [0.2, 0.25) is 5.91 Å². The van der Waals surface area contributed by atoms with E-state index in [1.165, 1.54) is 30.4 Å². The summed E-state index contributed by atoms with van der Waals surface area (Å²) in [5.74, 6) is 0.200. The van der Waals surface area contributed by atoms with Crippen molar-refractivity contribution in [1.82, 2.24) is 4.90 Å². The molecule has 2 aliphatic heterocycles. The van der Waals surface area contributed by atoms with E-state index in [2.05, 4.69) is 56.5 Å². The van der Waals surface area contributed by atoms with Gasteiger partial charge in [0.1, 0.15) is 6.04 Å². The van der Waals surface area contributed by atoms with E-state index in [0.717, 1.165) is 23.2 Å². The van der Waals surface area contributed by atoms with Gasteiger partial charge in [-0.05, 0) is 55.3 Å². The second-order valence-electron chi connectivity index (χ2n) is 6.65. The van der Waals surface area contributed by atoms with Gasteiger partial charge in [0, 0.05) is 16.1 Å². The first kappa shape index (κ1) is 15.9. The Bertz CT molecular complexity index is 741. The largest absolute Gasteiger partial charge is 0.324 e. The number of rotatable bonds is 2. The number of fused-ring (bicyclic) bond motifs is 1. The molecule has 2 atom stereocenters. The predicted octanol–water partition coefficient (Wildman–Crippen LogP) is 4.39. The van der Waals surface area contributed by atoms with Crippen LogP contribution in [0, 0.1) is 0 Å². The lowest BCUT2D eigenvalue weighted by Crippen LogP contribution is -2.52. The minimum Gasteiger partial charge on any atom is -0.324 e. The van der Waals surface area contributed by atoms with Gasteiger partial charge in [-0.1, -0.05) is 52.7 Å². The van der Waals surface area contributed by atoms with Crippen LogP contribution >= 0.6 is 15.9 Å². The average molecular weight is 385 g/mol. The van der Waals surface area contributed by atoms with Crippen molar-refractivity contribution < 1.29 is 4.79 Å². The Morgan fingerprint density at radius 2 is 1.75 bits per heavy atom. The summed E-state index contributed by atoms with van der Waals surface area (Å²) < 4.78 is 1.05. The third-order valence-corrected chi connectivity index (χ3v) is 5.63. The van der Waals surface area contributed by atoms with Gasteiger partial charge in [-0.25, -0.2) is 0 Å². The van der Waals surface area contributed by atoms with Crippen molar-refractivity contribution in [3.63, 3.8) is 0 Å². The molecule has 2 aliphatic rings. The summed E-state index contributed by atoms with van der Waals surface area (Å²) in [6.07, 6.45) is 3.62. The molecule has 0 aromatic heterocycles. The number of anilines is 1. The average Bonchev–Trinajstić information content (AvgIpc) is 2.62. The van der Waals surface area contributed by atoms with Crippen molar-refractivity contribution in [1.29, 1.82) is 0 Å². The third-order valence-electron chi connectivity index (χ3n) is 5.13. The highest BCUT2D eigenvalue weighted by Gasteiger charge is 2.40. The van der Waals surface area contributed by atoms with Crippen molar-refractivity contribution in [2.24, 2.45) is 0 Å². The van der Waals surface area contributed by atoms with Crippen molar-refractivity contribution >= 4 is 27.5 Å². The minimum atomic E-state index is -0.130. The number of amides is 1. The van der Waals surface area contributed by atoms with E-state index in [0.29, 0.717) is 0 Å². The molecule has 1 N–H and O–H groups in total. The SMILES string of the molecule is O=C1Nc2ccc(Br)cc2[C@H](c2ccccc2)[C@H]1N1CCCCC1. The van der Waals surface area contributed by atoms with E-state index in [1.807, 2.05) is 18.2 Å². The van der Waals surface area contributed by atoms with Crippen LogP contribution in [0.3, 0.4) is 0 Å². The van der Waals surface area contributed by atoms with Crippen molar-refractivity contribution in [2.75, 3.05) is 18.4 Å². The van der Waals surface area contributed by atoms with Gasteiger partial charge in [0.25, 0.3) is 0 Å². The fourth-order valence-corrected chi connectivity index (χ4v) is 4.41. The monoisotopic (exact) mass is 384 g/mol. The Labute approximate surface area is 151 Å². The van der Waals surface area contributed by atoms with Crippen LogP contribution in [0.5, 0.6) is 0 Å². The summed E-state index contributed by atoms with van der Waals surface area (Å²) in [6.45, 7) is 2.01. The third kappa shape index (κ3) is 2.89. The molecule has 0 saturated carbocycles. The quantitative estimate of drug-likeness (QED) is 0.832. The standard InChI is InChI=1S/C20H21BrN2O/c21-15-9-10-17-16(13-15)18(14-7-3-1-4-8-14)19(20(24)22-17)23-11-5-2-6-12-23/h1,3-4,7-10,13,18-19H,2,5-6,11-12H2,(H,22,24)/t18-,19+/m0/s1. The van der Waals surface area contributed by atoms with E-state index >= 15 is 0 Å². The number of likely N-dealkylation sites (tertiary alicyclic amines) is 1. The fourth-order valence-electron chi connectivity index (χ4n) is 4.03. The Morgan fingerprint density at radius 3 is 2.50 bits per heavy atom. The van der Waals surface area contributed by atoms with Crippen LogP contribution in [0.4, 0.5) is 5.69 Å². The predicted molar refractivity (Wildman–Crippen MR) is 100 cm³/mol. The highest BCUT2D eigenvalue weighted by Crippen LogP contribution is 2.41. The smallest absolute Gasteiger partial charge is 0.242 e. The van der Waals surface area contributed by atoms with Crippen LogP contribution in [0.25, 0.3) is 0 Å². The maximum absolute atomic E-state index is 13.0. The van der Waals surface area contributed by atoms with E-state index < -0.39 is 0 Å². The Hall–Kier alpha value is -1.65. The topological polar surface area (TPSA) is 32.3 Å². The lowest BCUT2D eigenvalue weighted by atomic mass is 9.80. The van der Waals surface area contributed by atoms with Gasteiger partial charge in [-0.15, -0.1) is 0 Å². The molecule has 2 heterocycles. The highest BCUT2D eigenvalue weighted by atomic mass is 79.9. The highest BCUT2D eigenvalue weighted by molar-refractivity contribution is 9.10. The van der Waals surface area contributed by atoms with E-state index in [9.17, 15) is 4.79 Å². The molecule has 0 spiro atoms. The minimum absolute atomic E-state index is 0.0746. The fraction of sp³-hybridized carbons (Fsp3) is 0.350. The van der Waals surface area contributed by atoms with Gasteiger partial charge in [-0.3, -0.25) is 9.69 Å². The van der Waals surface area contributed by atoms with Gasteiger partial charge in [0.05, 0.1) is 0 Å². The zero-order valence-corrected chi connectivity index (χ0v) is 15.1. The van der Waals surface area contributed by atoms with E-state index in [1.54, 1.807) is 0 Å². The van der Waals surface area contributed by atoms with Crippen molar-refractivity contribution in [3.05, 3.63) is 64.1 Å². The van der Waals surface area contributed by atoms with Gasteiger partial charge in [-0.2, -0.15) is 0 Å². The molecule has 2 aromatic rings. The zero-order valence-electron chi connectivity index (χ0n) is 13.5. The van der Waals surface area contributed by atoms with Crippen LogP contribution in [0.1, 0.15) is 36.3 Å². The van der Waals surface area contributed by atoms with Gasteiger partial charge in [0.15, 0.2) is 0 Å². The Balaban J connectivity index is 1.83. The van der Waals surface area contributed by atoms with Crippen molar-refractivity contribution in [2.45, 2.75) is 31.2 Å². The number of benzene rings is 2. The van der Waals surface area contributed by atoms with Crippen LogP contribution in [0.2, 0.25) is 0 Å². The number of hydrogen-bond donors (Lipinski definition) is 1. The van der Waals surface area contributed by atoms with Crippen LogP contribution in [-0.4, -0.2) is 29.9 Å².